The smallest absolute Gasteiger partial charge is 0.153 e. The van der Waals surface area contributed by atoms with Crippen molar-refractivity contribution in [2.24, 2.45) is 5.92 Å². The predicted molar refractivity (Wildman–Crippen MR) is 75.6 cm³/mol. The topological polar surface area (TPSA) is 42.7 Å². The molecular weight excluding hydrogens is 292 g/mol. The lowest BCUT2D eigenvalue weighted by molar-refractivity contribution is 0.547. The van der Waals surface area contributed by atoms with Crippen LogP contribution in [0.2, 0.25) is 0 Å². The summed E-state index contributed by atoms with van der Waals surface area (Å²) in [6, 6.07) is 5.98. The Morgan fingerprint density at radius 3 is 2.89 bits per heavy atom. The third-order valence-corrected chi connectivity index (χ3v) is 2.85. The Balaban J connectivity index is 2.05. The SMILES string of the molecule is CC(C)CNCc1cccc(-n2cc(Br)cn2)n1. The van der Waals surface area contributed by atoms with E-state index >= 15 is 0 Å². The predicted octanol–water partition coefficient (Wildman–Crippen LogP) is 2.78. The van der Waals surface area contributed by atoms with Gasteiger partial charge in [0, 0.05) is 12.7 Å². The number of hydrogen-bond acceptors (Lipinski definition) is 3. The van der Waals surface area contributed by atoms with Crippen molar-refractivity contribution >= 4 is 15.9 Å². The van der Waals surface area contributed by atoms with E-state index in [1.165, 1.54) is 0 Å². The monoisotopic (exact) mass is 308 g/mol. The summed E-state index contributed by atoms with van der Waals surface area (Å²) in [4.78, 5) is 4.57. The molecule has 18 heavy (non-hydrogen) atoms. The lowest BCUT2D eigenvalue weighted by atomic mass is 10.2. The van der Waals surface area contributed by atoms with Gasteiger partial charge in [0.15, 0.2) is 5.82 Å². The normalized spacial score (nSPS) is 11.1. The average molecular weight is 309 g/mol. The zero-order chi connectivity index (χ0) is 13.0. The van der Waals surface area contributed by atoms with E-state index in [4.69, 9.17) is 0 Å². The molecule has 0 unspecified atom stereocenters. The maximum absolute atomic E-state index is 4.57. The molecule has 96 valence electrons. The molecule has 0 aliphatic rings. The maximum atomic E-state index is 4.57. The molecule has 0 amide bonds. The first-order valence-corrected chi connectivity index (χ1v) is 6.81. The van der Waals surface area contributed by atoms with Crippen molar-refractivity contribution in [2.45, 2.75) is 20.4 Å². The zero-order valence-electron chi connectivity index (χ0n) is 10.6. The Morgan fingerprint density at radius 2 is 2.22 bits per heavy atom. The number of hydrogen-bond donors (Lipinski definition) is 1. The molecule has 0 aliphatic heterocycles. The van der Waals surface area contributed by atoms with Gasteiger partial charge in [-0.3, -0.25) is 0 Å². The van der Waals surface area contributed by atoms with E-state index < -0.39 is 0 Å². The highest BCUT2D eigenvalue weighted by Crippen LogP contribution is 2.11. The highest BCUT2D eigenvalue weighted by molar-refractivity contribution is 9.10. The molecule has 0 radical (unpaired) electrons. The molecule has 0 aromatic carbocycles. The van der Waals surface area contributed by atoms with Crippen LogP contribution in [-0.2, 0) is 6.54 Å². The van der Waals surface area contributed by atoms with E-state index in [1.54, 1.807) is 10.9 Å². The summed E-state index contributed by atoms with van der Waals surface area (Å²) in [5.41, 5.74) is 1.03. The van der Waals surface area contributed by atoms with Crippen LogP contribution in [0.1, 0.15) is 19.5 Å². The third kappa shape index (κ3) is 3.65. The van der Waals surface area contributed by atoms with E-state index in [9.17, 15) is 0 Å². The van der Waals surface area contributed by atoms with Gasteiger partial charge in [0.05, 0.1) is 16.4 Å². The van der Waals surface area contributed by atoms with Crippen LogP contribution in [-0.4, -0.2) is 21.3 Å². The molecule has 0 saturated carbocycles. The Morgan fingerprint density at radius 1 is 1.39 bits per heavy atom. The number of nitrogens with zero attached hydrogens (tertiary/aromatic N) is 3. The molecule has 4 nitrogen and oxygen atoms in total. The second-order valence-corrected chi connectivity index (χ2v) is 5.53. The first-order chi connectivity index (χ1) is 8.65. The van der Waals surface area contributed by atoms with Gasteiger partial charge in [-0.1, -0.05) is 19.9 Å². The number of aromatic nitrogens is 3. The summed E-state index contributed by atoms with van der Waals surface area (Å²) in [6.07, 6.45) is 3.65. The molecule has 0 bridgehead atoms. The maximum Gasteiger partial charge on any atom is 0.153 e. The Labute approximate surface area is 116 Å². The van der Waals surface area contributed by atoms with E-state index in [-0.39, 0.29) is 0 Å². The molecule has 0 atom stereocenters. The highest BCUT2D eigenvalue weighted by atomic mass is 79.9. The van der Waals surface area contributed by atoms with Gasteiger partial charge in [-0.05, 0) is 40.5 Å². The van der Waals surface area contributed by atoms with Gasteiger partial charge < -0.3 is 5.32 Å². The van der Waals surface area contributed by atoms with Crippen LogP contribution in [0.3, 0.4) is 0 Å². The van der Waals surface area contributed by atoms with Gasteiger partial charge in [0.2, 0.25) is 0 Å². The van der Waals surface area contributed by atoms with Gasteiger partial charge in [-0.2, -0.15) is 5.10 Å². The van der Waals surface area contributed by atoms with Gasteiger partial charge >= 0.3 is 0 Å². The van der Waals surface area contributed by atoms with Crippen molar-refractivity contribution in [2.75, 3.05) is 6.54 Å². The van der Waals surface area contributed by atoms with Crippen LogP contribution in [0.25, 0.3) is 5.82 Å². The molecule has 2 rings (SSSR count). The fraction of sp³-hybridized carbons (Fsp3) is 0.385. The number of rotatable bonds is 5. The fourth-order valence-electron chi connectivity index (χ4n) is 1.61. The lowest BCUT2D eigenvalue weighted by Crippen LogP contribution is -2.19. The van der Waals surface area contributed by atoms with Crippen molar-refractivity contribution in [3.8, 4) is 5.82 Å². The van der Waals surface area contributed by atoms with Crippen molar-refractivity contribution in [3.63, 3.8) is 0 Å². The van der Waals surface area contributed by atoms with E-state index in [0.29, 0.717) is 5.92 Å². The first kappa shape index (κ1) is 13.2. The Kier molecular flexibility index (Phi) is 4.49. The minimum absolute atomic E-state index is 0.648. The largest absolute Gasteiger partial charge is 0.311 e. The minimum Gasteiger partial charge on any atom is -0.311 e. The summed E-state index contributed by atoms with van der Waals surface area (Å²) in [6.45, 7) is 6.17. The van der Waals surface area contributed by atoms with Crippen molar-refractivity contribution < 1.29 is 0 Å². The summed E-state index contributed by atoms with van der Waals surface area (Å²) in [5.74, 6) is 1.49. The van der Waals surface area contributed by atoms with Crippen LogP contribution in [0.5, 0.6) is 0 Å². The molecule has 0 aliphatic carbocycles. The highest BCUT2D eigenvalue weighted by Gasteiger charge is 2.02. The fourth-order valence-corrected chi connectivity index (χ4v) is 1.89. The van der Waals surface area contributed by atoms with Crippen LogP contribution >= 0.6 is 15.9 Å². The van der Waals surface area contributed by atoms with Gasteiger partial charge in [-0.25, -0.2) is 9.67 Å². The van der Waals surface area contributed by atoms with Gasteiger partial charge in [0.25, 0.3) is 0 Å². The van der Waals surface area contributed by atoms with Crippen molar-refractivity contribution in [1.82, 2.24) is 20.1 Å². The molecule has 5 heteroatoms. The van der Waals surface area contributed by atoms with Crippen LogP contribution in [0.15, 0.2) is 35.1 Å². The van der Waals surface area contributed by atoms with Gasteiger partial charge in [-0.15, -0.1) is 0 Å². The lowest BCUT2D eigenvalue weighted by Gasteiger charge is -2.08. The third-order valence-electron chi connectivity index (χ3n) is 2.44. The quantitative estimate of drug-likeness (QED) is 0.923. The molecule has 1 N–H and O–H groups in total. The number of pyridine rings is 1. The van der Waals surface area contributed by atoms with Crippen molar-refractivity contribution in [1.29, 1.82) is 0 Å². The molecular formula is C13H17BrN4. The number of halogens is 1. The molecule has 2 aromatic heterocycles. The minimum atomic E-state index is 0.648. The van der Waals surface area contributed by atoms with Gasteiger partial charge in [0.1, 0.15) is 0 Å². The van der Waals surface area contributed by atoms with Crippen molar-refractivity contribution in [3.05, 3.63) is 40.8 Å². The second-order valence-electron chi connectivity index (χ2n) is 4.61. The molecule has 2 heterocycles. The summed E-state index contributed by atoms with van der Waals surface area (Å²) < 4.78 is 2.71. The van der Waals surface area contributed by atoms with E-state index in [0.717, 1.165) is 29.1 Å². The summed E-state index contributed by atoms with van der Waals surface area (Å²) in [7, 11) is 0. The molecule has 0 fully saturated rings. The molecule has 0 spiro atoms. The van der Waals surface area contributed by atoms with E-state index in [1.807, 2.05) is 24.4 Å². The Bertz CT molecular complexity index is 507. The van der Waals surface area contributed by atoms with E-state index in [2.05, 4.69) is 45.2 Å². The summed E-state index contributed by atoms with van der Waals surface area (Å²) in [5, 5.41) is 7.61. The van der Waals surface area contributed by atoms with Crippen LogP contribution in [0.4, 0.5) is 0 Å². The number of nitrogens with one attached hydrogen (secondary N) is 1. The average Bonchev–Trinajstić information content (AvgIpc) is 2.76. The first-order valence-electron chi connectivity index (χ1n) is 6.02. The Hall–Kier alpha value is -1.20. The second kappa shape index (κ2) is 6.11. The standard InChI is InChI=1S/C13H17BrN4/c1-10(2)6-15-8-12-4-3-5-13(17-12)18-9-11(14)7-16-18/h3-5,7,9-10,15H,6,8H2,1-2H3. The summed E-state index contributed by atoms with van der Waals surface area (Å²) >= 11 is 3.38. The molecule has 0 saturated heterocycles. The zero-order valence-corrected chi connectivity index (χ0v) is 12.2. The van der Waals surface area contributed by atoms with Crippen LogP contribution < -0.4 is 5.32 Å². The van der Waals surface area contributed by atoms with Crippen LogP contribution in [0, 0.1) is 5.92 Å². The molecule has 2 aromatic rings.